The second-order valence-electron chi connectivity index (χ2n) is 22.6. The normalized spacial score (nSPS) is 22.5. The van der Waals surface area contributed by atoms with Crippen molar-refractivity contribution >= 4 is 65.0 Å². The Balaban J connectivity index is 2.66. The summed E-state index contributed by atoms with van der Waals surface area (Å²) >= 11 is 0. The van der Waals surface area contributed by atoms with Gasteiger partial charge >= 0.3 is 0 Å². The third-order valence-corrected chi connectivity index (χ3v) is 14.7. The van der Waals surface area contributed by atoms with Crippen molar-refractivity contribution in [2.45, 2.75) is 210 Å². The van der Waals surface area contributed by atoms with Crippen molar-refractivity contribution < 1.29 is 63.0 Å². The number of carbonyl (C=O) groups excluding carboxylic acids is 11. The molecule has 30 heteroatoms. The number of rotatable bonds is 32. The number of likely N-dealkylation sites (N-methyl/N-ethyl adjacent to an activating group) is 1. The summed E-state index contributed by atoms with van der Waals surface area (Å²) < 4.78 is 0. The van der Waals surface area contributed by atoms with Gasteiger partial charge < -0.3 is 103 Å². The number of hydrogen-bond donors (Lipinski definition) is 19. The van der Waals surface area contributed by atoms with Gasteiger partial charge in [0.1, 0.15) is 60.4 Å². The van der Waals surface area contributed by atoms with Crippen molar-refractivity contribution in [3.05, 3.63) is 35.9 Å². The molecule has 0 saturated carbocycles. The highest BCUT2D eigenvalue weighted by Gasteiger charge is 2.38. The molecule has 2 rings (SSSR count). The molecule has 30 nitrogen and oxygen atoms in total. The van der Waals surface area contributed by atoms with Crippen LogP contribution in [0.15, 0.2) is 30.3 Å². The van der Waals surface area contributed by atoms with Gasteiger partial charge in [-0.2, -0.15) is 0 Å². The van der Waals surface area contributed by atoms with Crippen molar-refractivity contribution in [2.24, 2.45) is 34.6 Å². The van der Waals surface area contributed by atoms with Crippen LogP contribution in [0.5, 0.6) is 0 Å². The number of amides is 11. The number of benzene rings is 1. The zero-order chi connectivity index (χ0) is 65.9. The Morgan fingerprint density at radius 1 is 0.534 bits per heavy atom. The minimum Gasteiger partial charge on any atom is -0.391 e. The number of aliphatic hydroxyl groups is 2. The summed E-state index contributed by atoms with van der Waals surface area (Å²) in [5, 5.41) is 52.9. The summed E-state index contributed by atoms with van der Waals surface area (Å²) in [6, 6.07) is -6.98. The van der Waals surface area contributed by atoms with E-state index in [9.17, 15) is 63.0 Å². The topological polar surface area (TPSA) is 503 Å². The number of unbranched alkanes of at least 4 members (excludes halogenated alkanes) is 5. The van der Waals surface area contributed by atoms with Gasteiger partial charge in [-0.25, -0.2) is 0 Å². The molecule has 1 heterocycles. The predicted octanol–water partition coefficient (Wildman–Crippen LogP) is -5.51. The molecule has 1 aliphatic rings. The Bertz CT molecular complexity index is 2370. The molecule has 0 spiro atoms. The van der Waals surface area contributed by atoms with E-state index in [1.54, 1.807) is 51.2 Å². The molecule has 1 fully saturated rings. The minimum absolute atomic E-state index is 0.0435. The molecular weight excluding hydrogens is 1140 g/mol. The number of hydrogen-bond acceptors (Lipinski definition) is 19. The van der Waals surface area contributed by atoms with Crippen molar-refractivity contribution in [3.8, 4) is 0 Å². The van der Waals surface area contributed by atoms with Crippen LogP contribution in [0, 0.1) is 5.92 Å². The van der Waals surface area contributed by atoms with E-state index in [1.165, 1.54) is 13.8 Å². The predicted molar refractivity (Wildman–Crippen MR) is 329 cm³/mol. The molecule has 0 bridgehead atoms. The van der Waals surface area contributed by atoms with Gasteiger partial charge in [0.15, 0.2) is 0 Å². The van der Waals surface area contributed by atoms with Gasteiger partial charge in [0, 0.05) is 13.0 Å². The fraction of sp³-hybridized carbons (Fsp3) is 0.707. The molecule has 1 aromatic carbocycles. The summed E-state index contributed by atoms with van der Waals surface area (Å²) in [5.41, 5.74) is 30.0. The highest BCUT2D eigenvalue weighted by atomic mass is 16.3. The third-order valence-electron chi connectivity index (χ3n) is 14.7. The van der Waals surface area contributed by atoms with Crippen molar-refractivity contribution in [1.82, 2.24) is 63.8 Å². The average molecular weight is 1250 g/mol. The Morgan fingerprint density at radius 2 is 1.00 bits per heavy atom. The van der Waals surface area contributed by atoms with E-state index >= 15 is 0 Å². The van der Waals surface area contributed by atoms with E-state index in [-0.39, 0.29) is 83.6 Å². The number of nitrogens with two attached hydrogens (primary N) is 5. The first-order valence-electron chi connectivity index (χ1n) is 30.8. The van der Waals surface area contributed by atoms with Crippen LogP contribution in [-0.4, -0.2) is 200 Å². The van der Waals surface area contributed by atoms with Crippen LogP contribution in [0.4, 0.5) is 0 Å². The summed E-state index contributed by atoms with van der Waals surface area (Å²) in [7, 11) is 1.62. The summed E-state index contributed by atoms with van der Waals surface area (Å²) in [6.07, 6.45) is 1.91. The highest BCUT2D eigenvalue weighted by molar-refractivity contribution is 5.99. The zero-order valence-corrected chi connectivity index (χ0v) is 52.1. The second-order valence-corrected chi connectivity index (χ2v) is 22.6. The van der Waals surface area contributed by atoms with Gasteiger partial charge in [0.2, 0.25) is 65.0 Å². The quantitative estimate of drug-likeness (QED) is 0.0299. The first-order valence-corrected chi connectivity index (χ1v) is 30.8. The van der Waals surface area contributed by atoms with Gasteiger partial charge in [-0.05, 0) is 116 Å². The fourth-order valence-electron chi connectivity index (χ4n) is 9.68. The SMILES string of the molecule is CCCCCCCC[C@H](NC)C(=O)N[C@@H](CCN)C(=O)N[C@H](C(=O)N[C@@H](CCN)C(=O)N[C@H]1CCNC(=O)[C@H]([C@@H](C)O)NC(=O)[C@H](CCN)NC(=O)[C@H](CCN)NC(=O)[C@H](CC(C)C)NC(=O)[C@@H](Cc2ccccc2)NC(=O)[C@H](CCN)NC1=O)[C@@H](C)O. The Kier molecular flexibility index (Phi) is 36.9. The van der Waals surface area contributed by atoms with Gasteiger partial charge in [-0.15, -0.1) is 0 Å². The molecule has 11 amide bonds. The number of carbonyl (C=O) groups is 11. The fourth-order valence-corrected chi connectivity index (χ4v) is 9.68. The molecule has 0 aliphatic carbocycles. The van der Waals surface area contributed by atoms with Gasteiger partial charge in [0.05, 0.1) is 18.2 Å². The Hall–Kier alpha value is -6.93. The van der Waals surface area contributed by atoms with Crippen LogP contribution in [0.1, 0.15) is 130 Å². The van der Waals surface area contributed by atoms with E-state index in [4.69, 9.17) is 28.7 Å². The first kappa shape index (κ1) is 77.2. The average Bonchev–Trinajstić information content (AvgIpc) is 3.56. The van der Waals surface area contributed by atoms with Crippen LogP contribution in [0.25, 0.3) is 0 Å². The van der Waals surface area contributed by atoms with Gasteiger partial charge in [-0.1, -0.05) is 89.6 Å². The van der Waals surface area contributed by atoms with E-state index in [1.807, 2.05) is 0 Å². The molecule has 0 aromatic heterocycles. The second kappa shape index (κ2) is 42.1. The van der Waals surface area contributed by atoms with Crippen molar-refractivity contribution in [2.75, 3.05) is 46.3 Å². The largest absolute Gasteiger partial charge is 0.391 e. The molecule has 1 saturated heterocycles. The Morgan fingerprint density at radius 3 is 1.51 bits per heavy atom. The summed E-state index contributed by atoms with van der Waals surface area (Å²) in [4.78, 5) is 155. The lowest BCUT2D eigenvalue weighted by molar-refractivity contribution is -0.137. The van der Waals surface area contributed by atoms with Crippen molar-refractivity contribution in [3.63, 3.8) is 0 Å². The Labute approximate surface area is 516 Å². The maximum Gasteiger partial charge on any atom is 0.245 e. The van der Waals surface area contributed by atoms with E-state index in [0.29, 0.717) is 12.0 Å². The minimum atomic E-state index is -1.72. The van der Waals surface area contributed by atoms with Crippen LogP contribution >= 0.6 is 0 Å². The van der Waals surface area contributed by atoms with Gasteiger partial charge in [0.25, 0.3) is 0 Å². The van der Waals surface area contributed by atoms with Crippen molar-refractivity contribution in [1.29, 1.82) is 0 Å². The maximum absolute atomic E-state index is 14.6. The lowest BCUT2D eigenvalue weighted by Gasteiger charge is -2.29. The lowest BCUT2D eigenvalue weighted by Crippen LogP contribution is -2.62. The van der Waals surface area contributed by atoms with E-state index < -0.39 is 157 Å². The molecule has 498 valence electrons. The standard InChI is InChI=1S/C58H103N17O13/c1-7-8-9-10-11-15-18-37(64-6)48(78)66-41(22-28-62)54(84)75-47(35(5)77)58(88)71-40(21-27-61)50(80)70-43-24-30-65-57(87)46(34(4)76)74-53(83)42(23-29-63)68-49(79)38(19-25-59)69-55(85)44(31-33(2)3)72-56(86)45(32-36-16-13-12-14-17-36)73-51(81)39(20-26-60)67-52(43)82/h12-14,16-17,33-35,37-47,64,76-77H,7-11,15,18-32,59-63H2,1-6H3,(H,65,87)(H,66,78)(H,67,82)(H,68,79)(H,69,85)(H,70,80)(H,71,88)(H,72,86)(H,73,81)(H,74,83)(H,75,84)/t34-,35-,37+,38+,39+,40+,41+,42+,43+,44+,45-,46+,47+/m1/s1. The van der Waals surface area contributed by atoms with Crippen LogP contribution in [0.2, 0.25) is 0 Å². The lowest BCUT2D eigenvalue weighted by atomic mass is 10.00. The van der Waals surface area contributed by atoms with Gasteiger partial charge in [-0.3, -0.25) is 52.7 Å². The smallest absolute Gasteiger partial charge is 0.245 e. The zero-order valence-electron chi connectivity index (χ0n) is 52.1. The van der Waals surface area contributed by atoms with E-state index in [0.717, 1.165) is 38.5 Å². The third kappa shape index (κ3) is 27.6. The summed E-state index contributed by atoms with van der Waals surface area (Å²) in [6.45, 7) is 6.89. The molecule has 88 heavy (non-hydrogen) atoms. The number of nitrogens with one attached hydrogen (secondary N) is 12. The monoisotopic (exact) mass is 1250 g/mol. The molecular formula is C58H103N17O13. The van der Waals surface area contributed by atoms with Crippen LogP contribution < -0.4 is 92.5 Å². The highest BCUT2D eigenvalue weighted by Crippen LogP contribution is 2.13. The molecule has 0 unspecified atom stereocenters. The molecule has 0 radical (unpaired) electrons. The van der Waals surface area contributed by atoms with Crippen LogP contribution in [0.3, 0.4) is 0 Å². The van der Waals surface area contributed by atoms with Crippen LogP contribution in [-0.2, 0) is 59.2 Å². The maximum atomic E-state index is 14.6. The first-order chi connectivity index (χ1) is 41.9. The summed E-state index contributed by atoms with van der Waals surface area (Å²) in [5.74, 6) is -10.1. The molecule has 1 aliphatic heterocycles. The molecule has 13 atom stereocenters. The number of aliphatic hydroxyl groups excluding tert-OH is 2. The van der Waals surface area contributed by atoms with E-state index in [2.05, 4.69) is 70.7 Å². The molecule has 1 aromatic rings. The molecule has 24 N–H and O–H groups in total.